The molecule has 0 aliphatic carbocycles. The number of rotatable bonds is 4. The number of aromatic nitrogens is 3. The number of Topliss-reactive ketones (excluding diaryl/α,β-unsaturated/α-hetero) is 1. The molecular formula is C12H12ClN3O2. The first kappa shape index (κ1) is 12.6. The van der Waals surface area contributed by atoms with Crippen molar-refractivity contribution < 1.29 is 9.53 Å². The standard InChI is InChI=1S/C12H12ClN3O2/c1-8(12(17)11-7-14-15-16(11)2)18-10-5-3-4-9(13)6-10/h3-8H,1-2H3. The van der Waals surface area contributed by atoms with Crippen LogP contribution in [-0.4, -0.2) is 26.9 Å². The van der Waals surface area contributed by atoms with Gasteiger partial charge in [0.15, 0.2) is 6.10 Å². The molecule has 1 aromatic carbocycles. The van der Waals surface area contributed by atoms with Gasteiger partial charge in [0.1, 0.15) is 11.4 Å². The van der Waals surface area contributed by atoms with E-state index in [2.05, 4.69) is 10.3 Å². The van der Waals surface area contributed by atoms with Gasteiger partial charge in [0, 0.05) is 12.1 Å². The molecule has 1 heterocycles. The van der Waals surface area contributed by atoms with E-state index in [1.54, 1.807) is 38.2 Å². The van der Waals surface area contributed by atoms with Gasteiger partial charge in [0.25, 0.3) is 0 Å². The van der Waals surface area contributed by atoms with Gasteiger partial charge in [-0.3, -0.25) is 4.79 Å². The van der Waals surface area contributed by atoms with E-state index in [9.17, 15) is 4.79 Å². The number of ketones is 1. The zero-order valence-electron chi connectivity index (χ0n) is 10.0. The molecular weight excluding hydrogens is 254 g/mol. The molecule has 0 bridgehead atoms. The van der Waals surface area contributed by atoms with Crippen molar-refractivity contribution in [1.29, 1.82) is 0 Å². The van der Waals surface area contributed by atoms with E-state index in [4.69, 9.17) is 16.3 Å². The zero-order valence-corrected chi connectivity index (χ0v) is 10.8. The van der Waals surface area contributed by atoms with E-state index in [0.29, 0.717) is 16.5 Å². The summed E-state index contributed by atoms with van der Waals surface area (Å²) in [5.41, 5.74) is 0.407. The first-order valence-corrected chi connectivity index (χ1v) is 5.77. The summed E-state index contributed by atoms with van der Waals surface area (Å²) in [6.45, 7) is 1.68. The Kier molecular flexibility index (Phi) is 3.62. The number of ether oxygens (including phenoxy) is 1. The van der Waals surface area contributed by atoms with E-state index in [0.717, 1.165) is 0 Å². The molecule has 0 radical (unpaired) electrons. The highest BCUT2D eigenvalue weighted by atomic mass is 35.5. The highest BCUT2D eigenvalue weighted by Gasteiger charge is 2.20. The molecule has 0 amide bonds. The number of hydrogen-bond donors (Lipinski definition) is 0. The lowest BCUT2D eigenvalue weighted by molar-refractivity contribution is 0.0808. The normalized spacial score (nSPS) is 12.2. The molecule has 1 unspecified atom stereocenters. The topological polar surface area (TPSA) is 57.0 Å². The summed E-state index contributed by atoms with van der Waals surface area (Å²) in [6, 6.07) is 6.91. The van der Waals surface area contributed by atoms with Crippen molar-refractivity contribution in [3.63, 3.8) is 0 Å². The molecule has 0 saturated heterocycles. The number of benzene rings is 1. The third kappa shape index (κ3) is 2.68. The Bertz CT molecular complexity index is 568. The second-order valence-electron chi connectivity index (χ2n) is 3.82. The van der Waals surface area contributed by atoms with Gasteiger partial charge in [-0.1, -0.05) is 22.9 Å². The van der Waals surface area contributed by atoms with Gasteiger partial charge in [-0.2, -0.15) is 0 Å². The fraction of sp³-hybridized carbons (Fsp3) is 0.250. The van der Waals surface area contributed by atoms with E-state index >= 15 is 0 Å². The third-order valence-electron chi connectivity index (χ3n) is 2.45. The third-order valence-corrected chi connectivity index (χ3v) is 2.68. The Morgan fingerprint density at radius 1 is 1.50 bits per heavy atom. The summed E-state index contributed by atoms with van der Waals surface area (Å²) in [7, 11) is 1.66. The van der Waals surface area contributed by atoms with Crippen LogP contribution in [0.15, 0.2) is 30.5 Å². The van der Waals surface area contributed by atoms with E-state index in [1.807, 2.05) is 0 Å². The number of nitrogens with zero attached hydrogens (tertiary/aromatic N) is 3. The maximum absolute atomic E-state index is 12.1. The first-order valence-electron chi connectivity index (χ1n) is 5.39. The van der Waals surface area contributed by atoms with Crippen molar-refractivity contribution in [2.75, 3.05) is 0 Å². The minimum atomic E-state index is -0.624. The lowest BCUT2D eigenvalue weighted by atomic mass is 10.2. The molecule has 0 spiro atoms. The number of aryl methyl sites for hydroxylation is 1. The maximum Gasteiger partial charge on any atom is 0.222 e. The molecule has 0 N–H and O–H groups in total. The fourth-order valence-electron chi connectivity index (χ4n) is 1.52. The van der Waals surface area contributed by atoms with Crippen molar-refractivity contribution in [3.8, 4) is 5.75 Å². The highest BCUT2D eigenvalue weighted by Crippen LogP contribution is 2.19. The van der Waals surface area contributed by atoms with Gasteiger partial charge >= 0.3 is 0 Å². The molecule has 5 nitrogen and oxygen atoms in total. The second-order valence-corrected chi connectivity index (χ2v) is 4.26. The van der Waals surface area contributed by atoms with Crippen molar-refractivity contribution >= 4 is 17.4 Å². The molecule has 2 rings (SSSR count). The largest absolute Gasteiger partial charge is 0.482 e. The van der Waals surface area contributed by atoms with Crippen LogP contribution in [0.4, 0.5) is 0 Å². The van der Waals surface area contributed by atoms with Gasteiger partial charge in [-0.15, -0.1) is 5.10 Å². The highest BCUT2D eigenvalue weighted by molar-refractivity contribution is 6.30. The van der Waals surface area contributed by atoms with E-state index in [1.165, 1.54) is 10.9 Å². The molecule has 1 aromatic heterocycles. The smallest absolute Gasteiger partial charge is 0.222 e. The number of hydrogen-bond acceptors (Lipinski definition) is 4. The van der Waals surface area contributed by atoms with Gasteiger partial charge < -0.3 is 4.74 Å². The van der Waals surface area contributed by atoms with Crippen LogP contribution in [-0.2, 0) is 7.05 Å². The molecule has 0 fully saturated rings. The molecule has 6 heteroatoms. The molecule has 0 saturated carbocycles. The van der Waals surface area contributed by atoms with Gasteiger partial charge in [0.2, 0.25) is 5.78 Å². The average Bonchev–Trinajstić information content (AvgIpc) is 2.74. The minimum absolute atomic E-state index is 0.178. The minimum Gasteiger partial charge on any atom is -0.482 e. The SMILES string of the molecule is CC(Oc1cccc(Cl)c1)C(=O)c1cnnn1C. The Morgan fingerprint density at radius 3 is 2.89 bits per heavy atom. The van der Waals surface area contributed by atoms with Gasteiger partial charge in [-0.25, -0.2) is 4.68 Å². The van der Waals surface area contributed by atoms with Crippen molar-refractivity contribution in [3.05, 3.63) is 41.2 Å². The van der Waals surface area contributed by atoms with Crippen LogP contribution in [0.25, 0.3) is 0 Å². The van der Waals surface area contributed by atoms with Gasteiger partial charge in [0.05, 0.1) is 6.20 Å². The summed E-state index contributed by atoms with van der Waals surface area (Å²) in [6.07, 6.45) is 0.792. The predicted octanol–water partition coefficient (Wildman–Crippen LogP) is 2.12. The summed E-state index contributed by atoms with van der Waals surface area (Å²) in [4.78, 5) is 12.1. The Balaban J connectivity index is 2.11. The van der Waals surface area contributed by atoms with E-state index < -0.39 is 6.10 Å². The number of carbonyl (C=O) groups is 1. The number of halogens is 1. The molecule has 1 atom stereocenters. The summed E-state index contributed by atoms with van der Waals surface area (Å²) < 4.78 is 6.95. The van der Waals surface area contributed by atoms with Crippen LogP contribution in [0.3, 0.4) is 0 Å². The maximum atomic E-state index is 12.1. The zero-order chi connectivity index (χ0) is 13.1. The van der Waals surface area contributed by atoms with E-state index in [-0.39, 0.29) is 5.78 Å². The molecule has 2 aromatic rings. The summed E-state index contributed by atoms with van der Waals surface area (Å²) in [5.74, 6) is 0.376. The Labute approximate surface area is 109 Å². The van der Waals surface area contributed by atoms with Crippen molar-refractivity contribution in [2.24, 2.45) is 7.05 Å². The Hall–Kier alpha value is -1.88. The quantitative estimate of drug-likeness (QED) is 0.795. The molecule has 0 aliphatic heterocycles. The average molecular weight is 266 g/mol. The monoisotopic (exact) mass is 265 g/mol. The van der Waals surface area contributed by atoms with Crippen molar-refractivity contribution in [1.82, 2.24) is 15.0 Å². The van der Waals surface area contributed by atoms with Crippen LogP contribution < -0.4 is 4.74 Å². The van der Waals surface area contributed by atoms with Crippen molar-refractivity contribution in [2.45, 2.75) is 13.0 Å². The molecule has 94 valence electrons. The predicted molar refractivity (Wildman–Crippen MR) is 66.9 cm³/mol. The number of carbonyl (C=O) groups excluding carboxylic acids is 1. The fourth-order valence-corrected chi connectivity index (χ4v) is 1.70. The lowest BCUT2D eigenvalue weighted by Crippen LogP contribution is -2.25. The summed E-state index contributed by atoms with van der Waals surface area (Å²) >= 11 is 5.84. The van der Waals surface area contributed by atoms with Crippen LogP contribution in [0.5, 0.6) is 5.75 Å². The Morgan fingerprint density at radius 2 is 2.28 bits per heavy atom. The molecule has 18 heavy (non-hydrogen) atoms. The van der Waals surface area contributed by atoms with Crippen LogP contribution in [0, 0.1) is 0 Å². The van der Waals surface area contributed by atoms with Crippen LogP contribution >= 0.6 is 11.6 Å². The first-order chi connectivity index (χ1) is 8.58. The lowest BCUT2D eigenvalue weighted by Gasteiger charge is -2.13. The second kappa shape index (κ2) is 5.18. The van der Waals surface area contributed by atoms with Crippen LogP contribution in [0.1, 0.15) is 17.4 Å². The van der Waals surface area contributed by atoms with Gasteiger partial charge in [-0.05, 0) is 25.1 Å². The van der Waals surface area contributed by atoms with Crippen LogP contribution in [0.2, 0.25) is 5.02 Å². The molecule has 0 aliphatic rings. The summed E-state index contributed by atoms with van der Waals surface area (Å²) in [5, 5.41) is 7.94.